The molecule has 3 nitrogen and oxygen atoms in total. The molecule has 0 fully saturated rings. The van der Waals surface area contributed by atoms with Crippen molar-refractivity contribution >= 4 is 30.9 Å². The third kappa shape index (κ3) is 4.55. The molecule has 1 heterocycles. The summed E-state index contributed by atoms with van der Waals surface area (Å²) in [5.41, 5.74) is 3.35. The van der Waals surface area contributed by atoms with Gasteiger partial charge in [-0.2, -0.15) is 0 Å². The monoisotopic (exact) mass is 463 g/mol. The number of carbonyl (C=O) groups is 2. The number of rotatable bonds is 8. The van der Waals surface area contributed by atoms with Gasteiger partial charge in [-0.3, -0.25) is 9.59 Å². The van der Waals surface area contributed by atoms with Crippen LogP contribution in [0.2, 0.25) is 16.6 Å². The fourth-order valence-corrected chi connectivity index (χ4v) is 12.7. The summed E-state index contributed by atoms with van der Waals surface area (Å²) in [6, 6.07) is 18.6. The van der Waals surface area contributed by atoms with Crippen molar-refractivity contribution in [1.82, 2.24) is 4.23 Å². The molecule has 0 amide bonds. The molecule has 0 atom stereocenters. The molecule has 0 radical (unpaired) electrons. The molecule has 1 aromatic heterocycles. The first-order valence-corrected chi connectivity index (χ1v) is 14.3. The van der Waals surface area contributed by atoms with Crippen LogP contribution in [0.25, 0.3) is 0 Å². The minimum Gasteiger partial charge on any atom is -0.378 e. The zero-order chi connectivity index (χ0) is 23.5. The summed E-state index contributed by atoms with van der Waals surface area (Å²) in [5, 5.41) is -0.0450. The lowest BCUT2D eigenvalue weighted by Crippen LogP contribution is -2.51. The lowest BCUT2D eigenvalue weighted by Gasteiger charge is -2.44. The Balaban J connectivity index is 2.15. The highest BCUT2D eigenvalue weighted by molar-refractivity contribution is 8.14. The molecule has 3 aromatic rings. The molecule has 0 bridgehead atoms. The Morgan fingerprint density at radius 2 is 1.19 bits per heavy atom. The van der Waals surface area contributed by atoms with Crippen LogP contribution in [0.1, 0.15) is 67.8 Å². The Morgan fingerprint density at radius 1 is 0.719 bits per heavy atom. The van der Waals surface area contributed by atoms with E-state index in [4.69, 9.17) is 0 Å². The largest absolute Gasteiger partial charge is 0.378 e. The van der Waals surface area contributed by atoms with E-state index < -0.39 is 8.24 Å². The maximum Gasteiger partial charge on any atom is 0.224 e. The number of hydrogen-bond donors (Lipinski definition) is 0. The quantitative estimate of drug-likeness (QED) is 0.195. The molecule has 0 N–H and O–H groups in total. The van der Waals surface area contributed by atoms with Gasteiger partial charge in [0, 0.05) is 28.4 Å². The van der Waals surface area contributed by atoms with Gasteiger partial charge in [0.2, 0.25) is 5.12 Å². The molecule has 5 heteroatoms. The summed E-state index contributed by atoms with van der Waals surface area (Å²) in [6.07, 6.45) is 4.11. The van der Waals surface area contributed by atoms with Crippen molar-refractivity contribution in [3.8, 4) is 0 Å². The molecule has 0 saturated heterocycles. The summed E-state index contributed by atoms with van der Waals surface area (Å²) < 4.78 is 2.35. The molecule has 0 aliphatic heterocycles. The van der Waals surface area contributed by atoms with Gasteiger partial charge in [0.25, 0.3) is 0 Å². The molecule has 0 aliphatic rings. The van der Waals surface area contributed by atoms with Gasteiger partial charge in [-0.1, -0.05) is 102 Å². The van der Waals surface area contributed by atoms with E-state index >= 15 is 0 Å². The predicted molar refractivity (Wildman–Crippen MR) is 137 cm³/mol. The first-order valence-electron chi connectivity index (χ1n) is 11.3. The Labute approximate surface area is 197 Å². The molecule has 3 rings (SSSR count). The van der Waals surface area contributed by atoms with E-state index in [-0.39, 0.29) is 10.9 Å². The second-order valence-corrected chi connectivity index (χ2v) is 16.0. The Morgan fingerprint density at radius 3 is 1.66 bits per heavy atom. The fraction of sp³-hybridized carbons (Fsp3) is 0.333. The van der Waals surface area contributed by atoms with E-state index in [9.17, 15) is 9.59 Å². The first-order chi connectivity index (χ1) is 15.2. The standard InChI is InChI=1S/C27H33NO2SSi/c1-19(2)32(20(3)4,21(5)6)28-17-24(26(29)22-13-9-7-10-14-22)25(18-28)31-27(30)23-15-11-8-12-16-23/h7-21H,1-6H3. The van der Waals surface area contributed by atoms with E-state index in [1.807, 2.05) is 66.9 Å². The zero-order valence-corrected chi connectivity index (χ0v) is 21.6. The average molecular weight is 464 g/mol. The number of ketones is 1. The minimum atomic E-state index is -2.05. The SMILES string of the molecule is CC(C)[Si](C(C)C)(C(C)C)n1cc(SC(=O)c2ccccc2)c(C(=O)c2ccccc2)c1. The summed E-state index contributed by atoms with van der Waals surface area (Å²) >= 11 is 1.16. The van der Waals surface area contributed by atoms with Crippen molar-refractivity contribution in [2.45, 2.75) is 63.1 Å². The van der Waals surface area contributed by atoms with E-state index in [1.165, 1.54) is 0 Å². The van der Waals surface area contributed by atoms with Crippen molar-refractivity contribution in [3.63, 3.8) is 0 Å². The highest BCUT2D eigenvalue weighted by Crippen LogP contribution is 2.44. The smallest absolute Gasteiger partial charge is 0.224 e. The molecular weight excluding hydrogens is 430 g/mol. The lowest BCUT2D eigenvalue weighted by molar-refractivity contribution is 0.103. The Kier molecular flexibility index (Phi) is 7.62. The summed E-state index contributed by atoms with van der Waals surface area (Å²) in [6.45, 7) is 13.8. The third-order valence-electron chi connectivity index (χ3n) is 6.50. The second kappa shape index (κ2) is 10.0. The van der Waals surface area contributed by atoms with E-state index in [0.717, 1.165) is 16.7 Å². The summed E-state index contributed by atoms with van der Waals surface area (Å²) in [5.74, 6) is -0.0353. The maximum atomic E-state index is 13.5. The van der Waals surface area contributed by atoms with Crippen molar-refractivity contribution < 1.29 is 9.59 Å². The number of nitrogens with zero attached hydrogens (tertiary/aromatic N) is 1. The predicted octanol–water partition coefficient (Wildman–Crippen LogP) is 7.68. The van der Waals surface area contributed by atoms with E-state index in [2.05, 4.69) is 52.0 Å². The van der Waals surface area contributed by atoms with Crippen molar-refractivity contribution in [2.75, 3.05) is 0 Å². The molecule has 0 spiro atoms. The Hall–Kier alpha value is -2.37. The molecule has 32 heavy (non-hydrogen) atoms. The normalized spacial score (nSPS) is 12.0. The highest BCUT2D eigenvalue weighted by Gasteiger charge is 2.45. The topological polar surface area (TPSA) is 39.1 Å². The molecule has 0 aliphatic carbocycles. The zero-order valence-electron chi connectivity index (χ0n) is 19.8. The van der Waals surface area contributed by atoms with Crippen molar-refractivity contribution in [2.24, 2.45) is 0 Å². The van der Waals surface area contributed by atoms with Crippen LogP contribution in [0.15, 0.2) is 78.0 Å². The van der Waals surface area contributed by atoms with Gasteiger partial charge >= 0.3 is 0 Å². The molecule has 0 unspecified atom stereocenters. The number of hydrogen-bond acceptors (Lipinski definition) is 3. The van der Waals surface area contributed by atoms with Gasteiger partial charge < -0.3 is 4.23 Å². The molecule has 0 saturated carbocycles. The van der Waals surface area contributed by atoms with Crippen LogP contribution in [-0.2, 0) is 0 Å². The van der Waals surface area contributed by atoms with Crippen molar-refractivity contribution in [1.29, 1.82) is 0 Å². The fourth-order valence-electron chi connectivity index (χ4n) is 5.28. The van der Waals surface area contributed by atoms with E-state index in [0.29, 0.717) is 33.3 Å². The van der Waals surface area contributed by atoms with Crippen LogP contribution in [0, 0.1) is 0 Å². The van der Waals surface area contributed by atoms with Crippen LogP contribution < -0.4 is 0 Å². The van der Waals surface area contributed by atoms with Crippen LogP contribution >= 0.6 is 11.8 Å². The average Bonchev–Trinajstić information content (AvgIpc) is 3.17. The van der Waals surface area contributed by atoms with Crippen molar-refractivity contribution in [3.05, 3.63) is 89.7 Å². The van der Waals surface area contributed by atoms with Gasteiger partial charge in [-0.15, -0.1) is 0 Å². The minimum absolute atomic E-state index is 0.0353. The summed E-state index contributed by atoms with van der Waals surface area (Å²) in [7, 11) is -2.05. The summed E-state index contributed by atoms with van der Waals surface area (Å²) in [4.78, 5) is 27.3. The maximum absolute atomic E-state index is 13.5. The van der Waals surface area contributed by atoms with Gasteiger partial charge in [-0.25, -0.2) is 0 Å². The number of benzene rings is 2. The highest BCUT2D eigenvalue weighted by atomic mass is 32.2. The van der Waals surface area contributed by atoms with Crippen LogP contribution in [0.4, 0.5) is 0 Å². The molecule has 168 valence electrons. The van der Waals surface area contributed by atoms with Crippen LogP contribution in [-0.4, -0.2) is 23.4 Å². The second-order valence-electron chi connectivity index (χ2n) is 9.25. The van der Waals surface area contributed by atoms with Gasteiger partial charge in [0.1, 0.15) is 0 Å². The number of aromatic nitrogens is 1. The van der Waals surface area contributed by atoms with Crippen LogP contribution in [0.3, 0.4) is 0 Å². The first kappa shape index (κ1) is 24.3. The van der Waals surface area contributed by atoms with E-state index in [1.54, 1.807) is 0 Å². The number of thioether (sulfide) groups is 1. The van der Waals surface area contributed by atoms with Gasteiger partial charge in [-0.05, 0) is 28.4 Å². The Bertz CT molecular complexity index is 1050. The third-order valence-corrected chi connectivity index (χ3v) is 14.2. The molecule has 2 aromatic carbocycles. The lowest BCUT2D eigenvalue weighted by atomic mass is 10.1. The number of carbonyl (C=O) groups excluding carboxylic acids is 2. The molecular formula is C27H33NO2SSi. The van der Waals surface area contributed by atoms with Gasteiger partial charge in [0.15, 0.2) is 14.0 Å². The van der Waals surface area contributed by atoms with Crippen LogP contribution in [0.5, 0.6) is 0 Å². The van der Waals surface area contributed by atoms with Gasteiger partial charge in [0.05, 0.1) is 5.56 Å².